The van der Waals surface area contributed by atoms with Crippen LogP contribution in [0.4, 0.5) is 0 Å². The maximum Gasteiger partial charge on any atom is 0.253 e. The summed E-state index contributed by atoms with van der Waals surface area (Å²) in [5.41, 5.74) is 2.24. The summed E-state index contributed by atoms with van der Waals surface area (Å²) in [6, 6.07) is 7.99. The van der Waals surface area contributed by atoms with Gasteiger partial charge in [-0.2, -0.15) is 0 Å². The molecule has 2 rings (SSSR count). The smallest absolute Gasteiger partial charge is 0.253 e. The maximum absolute atomic E-state index is 12.5. The second-order valence-electron chi connectivity index (χ2n) is 6.64. The second kappa shape index (κ2) is 6.17. The van der Waals surface area contributed by atoms with E-state index in [-0.39, 0.29) is 5.91 Å². The Balaban J connectivity index is 2.01. The van der Waals surface area contributed by atoms with Crippen LogP contribution in [-0.4, -0.2) is 23.9 Å². The number of alkyl halides is 1. The molecular formula is C17H24ClNO. The van der Waals surface area contributed by atoms with Gasteiger partial charge in [0, 0.05) is 24.5 Å². The van der Waals surface area contributed by atoms with Gasteiger partial charge in [0.25, 0.3) is 5.91 Å². The number of amides is 1. The molecule has 0 saturated heterocycles. The molecule has 1 aromatic rings. The van der Waals surface area contributed by atoms with Gasteiger partial charge < -0.3 is 4.90 Å². The van der Waals surface area contributed by atoms with Crippen LogP contribution in [0.25, 0.3) is 0 Å². The summed E-state index contributed by atoms with van der Waals surface area (Å²) < 4.78 is 0. The average molecular weight is 294 g/mol. The molecule has 0 spiro atoms. The lowest BCUT2D eigenvalue weighted by Gasteiger charge is -2.38. The van der Waals surface area contributed by atoms with Gasteiger partial charge in [-0.1, -0.05) is 26.0 Å². The summed E-state index contributed by atoms with van der Waals surface area (Å²) in [4.78, 5) is 14.4. The fraction of sp³-hybridized carbons (Fsp3) is 0.588. The van der Waals surface area contributed by atoms with Crippen molar-refractivity contribution in [3.8, 4) is 0 Å². The van der Waals surface area contributed by atoms with Crippen LogP contribution in [0.2, 0.25) is 0 Å². The average Bonchev–Trinajstić information content (AvgIpc) is 2.46. The topological polar surface area (TPSA) is 20.3 Å². The molecule has 2 nitrogen and oxygen atoms in total. The number of halogens is 1. The van der Waals surface area contributed by atoms with Crippen LogP contribution in [0.1, 0.15) is 55.5 Å². The lowest BCUT2D eigenvalue weighted by molar-refractivity contribution is 0.0635. The van der Waals surface area contributed by atoms with E-state index in [4.69, 9.17) is 11.6 Å². The van der Waals surface area contributed by atoms with E-state index in [1.807, 2.05) is 36.2 Å². The van der Waals surface area contributed by atoms with Gasteiger partial charge in [-0.3, -0.25) is 4.79 Å². The van der Waals surface area contributed by atoms with Gasteiger partial charge in [0.05, 0.1) is 0 Å². The normalized spacial score (nSPS) is 18.8. The third-order valence-corrected chi connectivity index (χ3v) is 4.84. The van der Waals surface area contributed by atoms with E-state index in [9.17, 15) is 4.79 Å². The first-order chi connectivity index (χ1) is 9.43. The first kappa shape index (κ1) is 15.4. The van der Waals surface area contributed by atoms with E-state index in [1.54, 1.807) is 0 Å². The van der Waals surface area contributed by atoms with Gasteiger partial charge in [-0.25, -0.2) is 0 Å². The Kier molecular flexibility index (Phi) is 4.74. The minimum Gasteiger partial charge on any atom is -0.339 e. The van der Waals surface area contributed by atoms with Crippen molar-refractivity contribution in [3.05, 3.63) is 35.4 Å². The zero-order valence-electron chi connectivity index (χ0n) is 12.7. The summed E-state index contributed by atoms with van der Waals surface area (Å²) in [5.74, 6) is 0.609. The van der Waals surface area contributed by atoms with Crippen molar-refractivity contribution in [3.63, 3.8) is 0 Å². The van der Waals surface area contributed by atoms with Crippen LogP contribution < -0.4 is 0 Å². The number of hydrogen-bond donors (Lipinski definition) is 0. The van der Waals surface area contributed by atoms with Gasteiger partial charge in [-0.05, 0) is 48.8 Å². The van der Waals surface area contributed by atoms with Gasteiger partial charge in [0.2, 0.25) is 0 Å². The molecule has 0 unspecified atom stereocenters. The molecule has 0 atom stereocenters. The Morgan fingerprint density at radius 3 is 2.30 bits per heavy atom. The van der Waals surface area contributed by atoms with Crippen molar-refractivity contribution < 1.29 is 4.79 Å². The van der Waals surface area contributed by atoms with E-state index in [2.05, 4.69) is 13.8 Å². The first-order valence-electron chi connectivity index (χ1n) is 7.35. The largest absolute Gasteiger partial charge is 0.339 e. The molecule has 0 N–H and O–H groups in total. The minimum atomic E-state index is 0.121. The maximum atomic E-state index is 12.5. The Morgan fingerprint density at radius 1 is 1.25 bits per heavy atom. The molecule has 3 heteroatoms. The first-order valence-corrected chi connectivity index (χ1v) is 7.88. The molecule has 1 aromatic carbocycles. The summed E-state index contributed by atoms with van der Waals surface area (Å²) >= 11 is 5.77. The summed E-state index contributed by atoms with van der Waals surface area (Å²) in [5, 5.41) is 0. The Bertz CT molecular complexity index is 456. The lowest BCUT2D eigenvalue weighted by Crippen LogP contribution is -2.40. The molecule has 1 fully saturated rings. The Hall–Kier alpha value is -1.02. The van der Waals surface area contributed by atoms with Crippen molar-refractivity contribution in [2.24, 2.45) is 5.41 Å². The zero-order chi connectivity index (χ0) is 14.8. The zero-order valence-corrected chi connectivity index (χ0v) is 13.4. The highest BCUT2D eigenvalue weighted by Crippen LogP contribution is 2.36. The molecule has 0 radical (unpaired) electrons. The number of nitrogens with zero attached hydrogens (tertiary/aromatic N) is 1. The molecule has 0 aromatic heterocycles. The Morgan fingerprint density at radius 2 is 1.80 bits per heavy atom. The van der Waals surface area contributed by atoms with Gasteiger partial charge >= 0.3 is 0 Å². The Labute approximate surface area is 127 Å². The van der Waals surface area contributed by atoms with Crippen molar-refractivity contribution in [2.45, 2.75) is 51.5 Å². The molecule has 0 bridgehead atoms. The van der Waals surface area contributed by atoms with E-state index in [1.165, 1.54) is 12.8 Å². The number of benzene rings is 1. The molecule has 0 aliphatic heterocycles. The molecule has 1 saturated carbocycles. The molecule has 110 valence electrons. The minimum absolute atomic E-state index is 0.121. The third kappa shape index (κ3) is 3.54. The fourth-order valence-electron chi connectivity index (χ4n) is 2.88. The standard InChI is InChI=1S/C17H24ClNO/c1-17(2)10-8-15(9-11-17)19(3)16(20)14-6-4-13(12-18)5-7-14/h4-7,15H,8-12H2,1-3H3. The van der Waals surface area contributed by atoms with Crippen LogP contribution in [-0.2, 0) is 5.88 Å². The summed E-state index contributed by atoms with van der Waals surface area (Å²) in [7, 11) is 1.93. The summed E-state index contributed by atoms with van der Waals surface area (Å²) in [6.07, 6.45) is 4.60. The van der Waals surface area contributed by atoms with Gasteiger partial charge in [-0.15, -0.1) is 11.6 Å². The number of carbonyl (C=O) groups excluding carboxylic acids is 1. The van der Waals surface area contributed by atoms with Crippen molar-refractivity contribution in [1.29, 1.82) is 0 Å². The fourth-order valence-corrected chi connectivity index (χ4v) is 3.06. The molecule has 0 heterocycles. The SMILES string of the molecule is CN(C(=O)c1ccc(CCl)cc1)C1CCC(C)(C)CC1. The van der Waals surface area contributed by atoms with Crippen LogP contribution >= 0.6 is 11.6 Å². The van der Waals surface area contributed by atoms with E-state index in [0.29, 0.717) is 17.3 Å². The van der Waals surface area contributed by atoms with Crippen molar-refractivity contribution >= 4 is 17.5 Å². The number of hydrogen-bond acceptors (Lipinski definition) is 1. The van der Waals surface area contributed by atoms with E-state index < -0.39 is 0 Å². The van der Waals surface area contributed by atoms with Crippen LogP contribution in [0, 0.1) is 5.41 Å². The predicted molar refractivity (Wildman–Crippen MR) is 84.1 cm³/mol. The number of rotatable bonds is 3. The van der Waals surface area contributed by atoms with E-state index in [0.717, 1.165) is 24.0 Å². The summed E-state index contributed by atoms with van der Waals surface area (Å²) in [6.45, 7) is 4.63. The van der Waals surface area contributed by atoms with Crippen LogP contribution in [0.5, 0.6) is 0 Å². The molecular weight excluding hydrogens is 270 g/mol. The lowest BCUT2D eigenvalue weighted by atomic mass is 9.75. The molecule has 20 heavy (non-hydrogen) atoms. The highest BCUT2D eigenvalue weighted by Gasteiger charge is 2.30. The highest BCUT2D eigenvalue weighted by atomic mass is 35.5. The molecule has 1 aliphatic carbocycles. The molecule has 1 aliphatic rings. The highest BCUT2D eigenvalue weighted by molar-refractivity contribution is 6.17. The van der Waals surface area contributed by atoms with Crippen molar-refractivity contribution in [1.82, 2.24) is 4.90 Å². The quantitative estimate of drug-likeness (QED) is 0.753. The van der Waals surface area contributed by atoms with Crippen molar-refractivity contribution in [2.75, 3.05) is 7.05 Å². The third-order valence-electron chi connectivity index (χ3n) is 4.53. The van der Waals surface area contributed by atoms with Crippen LogP contribution in [0.3, 0.4) is 0 Å². The predicted octanol–water partition coefficient (Wildman–Crippen LogP) is 4.47. The van der Waals surface area contributed by atoms with Crippen LogP contribution in [0.15, 0.2) is 24.3 Å². The molecule has 1 amide bonds. The second-order valence-corrected chi connectivity index (χ2v) is 6.91. The van der Waals surface area contributed by atoms with E-state index >= 15 is 0 Å². The van der Waals surface area contributed by atoms with Gasteiger partial charge in [0.1, 0.15) is 0 Å². The van der Waals surface area contributed by atoms with Gasteiger partial charge in [0.15, 0.2) is 0 Å². The number of carbonyl (C=O) groups is 1. The monoisotopic (exact) mass is 293 g/mol.